The van der Waals surface area contributed by atoms with Crippen molar-refractivity contribution in [2.75, 3.05) is 0 Å². The maximum atomic E-state index is 11.8. The van der Waals surface area contributed by atoms with Gasteiger partial charge in [-0.1, -0.05) is 5.16 Å². The fourth-order valence-electron chi connectivity index (χ4n) is 0.535. The van der Waals surface area contributed by atoms with Crippen LogP contribution in [-0.4, -0.2) is 10.1 Å². The van der Waals surface area contributed by atoms with E-state index < -0.39 is 18.0 Å². The zero-order valence-corrected chi connectivity index (χ0v) is 6.09. The van der Waals surface area contributed by atoms with Crippen LogP contribution in [0.15, 0.2) is 4.52 Å². The summed E-state index contributed by atoms with van der Waals surface area (Å²) in [5, 5.41) is 2.72. The van der Waals surface area contributed by atoms with Gasteiger partial charge in [0.1, 0.15) is 0 Å². The van der Waals surface area contributed by atoms with E-state index in [-0.39, 0.29) is 5.89 Å². The van der Waals surface area contributed by atoms with Crippen LogP contribution in [0, 0.1) is 0 Å². The molecular formula is C5H6F3N3O. The molecule has 0 aliphatic heterocycles. The van der Waals surface area contributed by atoms with Crippen LogP contribution in [0.1, 0.15) is 24.7 Å². The normalized spacial score (nSPS) is 14.8. The minimum atomic E-state index is -4.57. The summed E-state index contributed by atoms with van der Waals surface area (Å²) >= 11 is 0. The third kappa shape index (κ3) is 1.73. The highest BCUT2D eigenvalue weighted by Crippen LogP contribution is 2.26. The van der Waals surface area contributed by atoms with E-state index in [2.05, 4.69) is 14.7 Å². The summed E-state index contributed by atoms with van der Waals surface area (Å²) in [5.74, 6) is -1.52. The maximum Gasteiger partial charge on any atom is 0.455 e. The smallest absolute Gasteiger partial charge is 0.337 e. The third-order valence-corrected chi connectivity index (χ3v) is 1.08. The van der Waals surface area contributed by atoms with Crippen molar-refractivity contribution in [3.63, 3.8) is 0 Å². The van der Waals surface area contributed by atoms with E-state index in [0.29, 0.717) is 0 Å². The van der Waals surface area contributed by atoms with Crippen LogP contribution in [-0.2, 0) is 6.18 Å². The SMILES string of the molecule is CC(N)c1nc(C(F)(F)F)no1. The van der Waals surface area contributed by atoms with Gasteiger partial charge in [0.2, 0.25) is 5.89 Å². The van der Waals surface area contributed by atoms with Gasteiger partial charge in [0.25, 0.3) is 5.82 Å². The summed E-state index contributed by atoms with van der Waals surface area (Å²) in [5.41, 5.74) is 5.21. The van der Waals surface area contributed by atoms with E-state index in [1.807, 2.05) is 0 Å². The predicted octanol–water partition coefficient (Wildman–Crippen LogP) is 1.11. The van der Waals surface area contributed by atoms with Gasteiger partial charge in [-0.3, -0.25) is 0 Å². The number of nitrogens with two attached hydrogens (primary N) is 1. The van der Waals surface area contributed by atoms with Crippen molar-refractivity contribution in [1.29, 1.82) is 0 Å². The van der Waals surface area contributed by atoms with Crippen LogP contribution in [0.2, 0.25) is 0 Å². The predicted molar refractivity (Wildman–Crippen MR) is 31.9 cm³/mol. The molecule has 0 spiro atoms. The van der Waals surface area contributed by atoms with Crippen LogP contribution in [0.5, 0.6) is 0 Å². The first kappa shape index (κ1) is 8.98. The van der Waals surface area contributed by atoms with E-state index in [1.165, 1.54) is 6.92 Å². The Bertz CT molecular complexity index is 267. The summed E-state index contributed by atoms with van der Waals surface area (Å²) in [6.45, 7) is 1.45. The lowest BCUT2D eigenvalue weighted by atomic mass is 10.4. The van der Waals surface area contributed by atoms with Gasteiger partial charge in [-0.25, -0.2) is 0 Å². The number of aromatic nitrogens is 2. The fourth-order valence-corrected chi connectivity index (χ4v) is 0.535. The summed E-state index contributed by atoms with van der Waals surface area (Å²) < 4.78 is 39.8. The van der Waals surface area contributed by atoms with Gasteiger partial charge in [0.15, 0.2) is 0 Å². The summed E-state index contributed by atoms with van der Waals surface area (Å²) in [6.07, 6.45) is -4.57. The molecule has 0 saturated heterocycles. The van der Waals surface area contributed by atoms with Gasteiger partial charge >= 0.3 is 6.18 Å². The molecule has 1 rings (SSSR count). The highest BCUT2D eigenvalue weighted by Gasteiger charge is 2.37. The highest BCUT2D eigenvalue weighted by molar-refractivity contribution is 4.93. The third-order valence-electron chi connectivity index (χ3n) is 1.08. The van der Waals surface area contributed by atoms with E-state index in [4.69, 9.17) is 5.73 Å². The first-order chi connectivity index (χ1) is 5.41. The second kappa shape index (κ2) is 2.74. The summed E-state index contributed by atoms with van der Waals surface area (Å²) in [4.78, 5) is 3.05. The standard InChI is InChI=1S/C5H6F3N3O/c1-2(9)3-10-4(11-12-3)5(6,7)8/h2H,9H2,1H3. The second-order valence-corrected chi connectivity index (χ2v) is 2.24. The Morgan fingerprint density at radius 1 is 1.50 bits per heavy atom. The molecule has 7 heteroatoms. The number of halogens is 3. The second-order valence-electron chi connectivity index (χ2n) is 2.24. The average Bonchev–Trinajstić information content (AvgIpc) is 2.30. The Morgan fingerprint density at radius 2 is 2.08 bits per heavy atom. The summed E-state index contributed by atoms with van der Waals surface area (Å²) in [7, 11) is 0. The number of hydrogen-bond donors (Lipinski definition) is 1. The molecule has 68 valence electrons. The first-order valence-electron chi connectivity index (χ1n) is 3.07. The highest BCUT2D eigenvalue weighted by atomic mass is 19.4. The quantitative estimate of drug-likeness (QED) is 0.704. The molecule has 0 bridgehead atoms. The molecular weight excluding hydrogens is 175 g/mol. The molecule has 1 aromatic rings. The molecule has 0 aliphatic rings. The largest absolute Gasteiger partial charge is 0.455 e. The molecule has 4 nitrogen and oxygen atoms in total. The molecule has 0 aromatic carbocycles. The lowest BCUT2D eigenvalue weighted by Crippen LogP contribution is -2.09. The van der Waals surface area contributed by atoms with Crippen LogP contribution in [0.25, 0.3) is 0 Å². The van der Waals surface area contributed by atoms with Gasteiger partial charge in [-0.05, 0) is 6.92 Å². The van der Waals surface area contributed by atoms with Crippen molar-refractivity contribution >= 4 is 0 Å². The zero-order chi connectivity index (χ0) is 9.35. The Hall–Kier alpha value is -1.11. The zero-order valence-electron chi connectivity index (χ0n) is 6.09. The average molecular weight is 181 g/mol. The number of rotatable bonds is 1. The topological polar surface area (TPSA) is 64.9 Å². The fraction of sp³-hybridized carbons (Fsp3) is 0.600. The molecule has 0 radical (unpaired) electrons. The number of nitrogens with zero attached hydrogens (tertiary/aromatic N) is 2. The number of alkyl halides is 3. The van der Waals surface area contributed by atoms with Crippen molar-refractivity contribution in [3.8, 4) is 0 Å². The Labute approximate surface area is 65.5 Å². The van der Waals surface area contributed by atoms with Crippen LogP contribution >= 0.6 is 0 Å². The van der Waals surface area contributed by atoms with Crippen molar-refractivity contribution in [2.24, 2.45) is 5.73 Å². The van der Waals surface area contributed by atoms with E-state index in [0.717, 1.165) is 0 Å². The molecule has 1 atom stereocenters. The molecule has 0 aliphatic carbocycles. The van der Waals surface area contributed by atoms with Crippen LogP contribution in [0.4, 0.5) is 13.2 Å². The van der Waals surface area contributed by atoms with Crippen molar-refractivity contribution in [1.82, 2.24) is 10.1 Å². The molecule has 0 saturated carbocycles. The van der Waals surface area contributed by atoms with Gasteiger partial charge in [-0.15, -0.1) is 0 Å². The lowest BCUT2D eigenvalue weighted by Gasteiger charge is -1.96. The van der Waals surface area contributed by atoms with Gasteiger partial charge in [-0.2, -0.15) is 18.2 Å². The Morgan fingerprint density at radius 3 is 2.33 bits per heavy atom. The van der Waals surface area contributed by atoms with E-state index in [9.17, 15) is 13.2 Å². The molecule has 1 aromatic heterocycles. The van der Waals surface area contributed by atoms with E-state index >= 15 is 0 Å². The molecule has 0 amide bonds. The van der Waals surface area contributed by atoms with Crippen molar-refractivity contribution in [2.45, 2.75) is 19.1 Å². The lowest BCUT2D eigenvalue weighted by molar-refractivity contribution is -0.146. The Kier molecular flexibility index (Phi) is 2.05. The van der Waals surface area contributed by atoms with Gasteiger partial charge in [0, 0.05) is 0 Å². The maximum absolute atomic E-state index is 11.8. The molecule has 1 heterocycles. The summed E-state index contributed by atoms with van der Waals surface area (Å²) in [6, 6.07) is -0.686. The molecule has 2 N–H and O–H groups in total. The van der Waals surface area contributed by atoms with Crippen molar-refractivity contribution in [3.05, 3.63) is 11.7 Å². The molecule has 0 fully saturated rings. The van der Waals surface area contributed by atoms with Crippen LogP contribution in [0.3, 0.4) is 0 Å². The molecule has 1 unspecified atom stereocenters. The number of hydrogen-bond acceptors (Lipinski definition) is 4. The van der Waals surface area contributed by atoms with Crippen LogP contribution < -0.4 is 5.73 Å². The van der Waals surface area contributed by atoms with Gasteiger partial charge in [0.05, 0.1) is 6.04 Å². The minimum absolute atomic E-state index is 0.220. The first-order valence-corrected chi connectivity index (χ1v) is 3.07. The molecule has 12 heavy (non-hydrogen) atoms. The monoisotopic (exact) mass is 181 g/mol. The minimum Gasteiger partial charge on any atom is -0.337 e. The van der Waals surface area contributed by atoms with Crippen molar-refractivity contribution < 1.29 is 17.7 Å². The van der Waals surface area contributed by atoms with E-state index in [1.54, 1.807) is 0 Å². The Balaban J connectivity index is 2.92. The van der Waals surface area contributed by atoms with Gasteiger partial charge < -0.3 is 10.3 Å².